The van der Waals surface area contributed by atoms with E-state index in [9.17, 15) is 5.11 Å². The van der Waals surface area contributed by atoms with Crippen molar-refractivity contribution in [3.63, 3.8) is 0 Å². The summed E-state index contributed by atoms with van der Waals surface area (Å²) < 4.78 is 6.56. The molecule has 1 aromatic carbocycles. The van der Waals surface area contributed by atoms with E-state index in [0.29, 0.717) is 12.6 Å². The fourth-order valence-electron chi connectivity index (χ4n) is 2.02. The molecule has 2 atom stereocenters. The number of halogens is 1. The zero-order chi connectivity index (χ0) is 15.1. The molecule has 0 spiro atoms. The van der Waals surface area contributed by atoms with Gasteiger partial charge in [0.25, 0.3) is 0 Å². The van der Waals surface area contributed by atoms with Crippen molar-refractivity contribution in [1.29, 1.82) is 0 Å². The Labute approximate surface area is 138 Å². The molecule has 0 saturated carbocycles. The van der Waals surface area contributed by atoms with Gasteiger partial charge in [0.2, 0.25) is 0 Å². The van der Waals surface area contributed by atoms with Crippen molar-refractivity contribution >= 4 is 27.3 Å². The van der Waals surface area contributed by atoms with E-state index in [1.54, 1.807) is 11.3 Å². The lowest BCUT2D eigenvalue weighted by molar-refractivity contribution is 0.103. The molecule has 2 rings (SSSR count). The van der Waals surface area contributed by atoms with Crippen LogP contribution in [0.5, 0.6) is 5.75 Å². The van der Waals surface area contributed by atoms with Gasteiger partial charge in [-0.3, -0.25) is 0 Å². The second kappa shape index (κ2) is 8.54. The summed E-state index contributed by atoms with van der Waals surface area (Å²) in [6, 6.07) is 12.1. The number of rotatable bonds is 8. The molecule has 2 aromatic rings. The lowest BCUT2D eigenvalue weighted by Gasteiger charge is -2.19. The van der Waals surface area contributed by atoms with Crippen LogP contribution in [0, 0.1) is 0 Å². The summed E-state index contributed by atoms with van der Waals surface area (Å²) in [6.07, 6.45) is 0.470. The predicted octanol–water partition coefficient (Wildman–Crippen LogP) is 3.99. The maximum atomic E-state index is 10.0. The lowest BCUT2D eigenvalue weighted by atomic mass is 10.2. The van der Waals surface area contributed by atoms with E-state index >= 15 is 0 Å². The smallest absolute Gasteiger partial charge is 0.120 e. The van der Waals surface area contributed by atoms with Crippen LogP contribution in [-0.2, 0) is 0 Å². The standard InChI is InChI=1S/C16H20BrNO2S/c1-2-15(16-7-4-8-21-16)18-10-13(19)11-20-14-6-3-5-12(17)9-14/h3-9,13,15,18-19H,2,10-11H2,1H3. The molecule has 0 aliphatic rings. The molecule has 21 heavy (non-hydrogen) atoms. The zero-order valence-electron chi connectivity index (χ0n) is 12.0. The highest BCUT2D eigenvalue weighted by Crippen LogP contribution is 2.21. The van der Waals surface area contributed by atoms with E-state index in [-0.39, 0.29) is 6.61 Å². The fourth-order valence-corrected chi connectivity index (χ4v) is 3.29. The van der Waals surface area contributed by atoms with Crippen molar-refractivity contribution in [2.45, 2.75) is 25.5 Å². The van der Waals surface area contributed by atoms with Crippen LogP contribution in [0.2, 0.25) is 0 Å². The molecule has 0 saturated heterocycles. The summed E-state index contributed by atoms with van der Waals surface area (Å²) in [4.78, 5) is 1.30. The van der Waals surface area contributed by atoms with Crippen molar-refractivity contribution in [3.05, 3.63) is 51.1 Å². The van der Waals surface area contributed by atoms with Gasteiger partial charge in [-0.2, -0.15) is 0 Å². The predicted molar refractivity (Wildman–Crippen MR) is 91.0 cm³/mol. The molecule has 0 aliphatic carbocycles. The third-order valence-electron chi connectivity index (χ3n) is 3.13. The third kappa shape index (κ3) is 5.43. The quantitative estimate of drug-likeness (QED) is 0.738. The molecule has 0 amide bonds. The van der Waals surface area contributed by atoms with Crippen LogP contribution in [-0.4, -0.2) is 24.4 Å². The van der Waals surface area contributed by atoms with Crippen LogP contribution in [0.15, 0.2) is 46.3 Å². The first-order chi connectivity index (χ1) is 10.2. The Morgan fingerprint density at radius 1 is 1.33 bits per heavy atom. The zero-order valence-corrected chi connectivity index (χ0v) is 14.4. The number of hydrogen-bond donors (Lipinski definition) is 2. The number of aliphatic hydroxyl groups is 1. The molecule has 114 valence electrons. The molecule has 5 heteroatoms. The highest BCUT2D eigenvalue weighted by Gasteiger charge is 2.12. The number of benzene rings is 1. The van der Waals surface area contributed by atoms with Crippen LogP contribution in [0.1, 0.15) is 24.3 Å². The molecule has 2 N–H and O–H groups in total. The summed E-state index contributed by atoms with van der Waals surface area (Å²) in [6.45, 7) is 2.94. The van der Waals surface area contributed by atoms with Gasteiger partial charge in [0.15, 0.2) is 0 Å². The van der Waals surface area contributed by atoms with Crippen LogP contribution in [0.4, 0.5) is 0 Å². The number of hydrogen-bond acceptors (Lipinski definition) is 4. The molecule has 1 aromatic heterocycles. The summed E-state index contributed by atoms with van der Waals surface area (Å²) in [5.74, 6) is 0.758. The Morgan fingerprint density at radius 2 is 2.19 bits per heavy atom. The molecular formula is C16H20BrNO2S. The van der Waals surface area contributed by atoms with Gasteiger partial charge in [-0.25, -0.2) is 0 Å². The molecule has 0 aliphatic heterocycles. The van der Waals surface area contributed by atoms with E-state index in [0.717, 1.165) is 16.6 Å². The Bertz CT molecular complexity index is 533. The Morgan fingerprint density at radius 3 is 2.86 bits per heavy atom. The van der Waals surface area contributed by atoms with Crippen molar-refractivity contribution in [2.24, 2.45) is 0 Å². The SMILES string of the molecule is CCC(NCC(O)COc1cccc(Br)c1)c1cccs1. The van der Waals surface area contributed by atoms with Gasteiger partial charge in [-0.1, -0.05) is 35.0 Å². The van der Waals surface area contributed by atoms with Crippen molar-refractivity contribution in [3.8, 4) is 5.75 Å². The Balaban J connectivity index is 1.75. The second-order valence-corrected chi connectivity index (χ2v) is 6.70. The van der Waals surface area contributed by atoms with E-state index in [1.807, 2.05) is 24.3 Å². The lowest BCUT2D eigenvalue weighted by Crippen LogP contribution is -2.33. The van der Waals surface area contributed by atoms with E-state index in [4.69, 9.17) is 4.74 Å². The van der Waals surface area contributed by atoms with E-state index < -0.39 is 6.10 Å². The summed E-state index contributed by atoms with van der Waals surface area (Å²) in [7, 11) is 0. The average Bonchev–Trinajstić information content (AvgIpc) is 3.00. The van der Waals surface area contributed by atoms with Gasteiger partial charge >= 0.3 is 0 Å². The topological polar surface area (TPSA) is 41.5 Å². The summed E-state index contributed by atoms with van der Waals surface area (Å²) in [5, 5.41) is 15.5. The van der Waals surface area contributed by atoms with Crippen LogP contribution in [0.25, 0.3) is 0 Å². The van der Waals surface area contributed by atoms with Gasteiger partial charge in [0.1, 0.15) is 18.5 Å². The van der Waals surface area contributed by atoms with E-state index in [2.05, 4.69) is 45.7 Å². The first-order valence-electron chi connectivity index (χ1n) is 7.02. The van der Waals surface area contributed by atoms with Crippen molar-refractivity contribution < 1.29 is 9.84 Å². The minimum Gasteiger partial charge on any atom is -0.491 e. The van der Waals surface area contributed by atoms with Gasteiger partial charge in [-0.05, 0) is 36.1 Å². The number of ether oxygens (including phenoxy) is 1. The van der Waals surface area contributed by atoms with E-state index in [1.165, 1.54) is 4.88 Å². The molecule has 3 nitrogen and oxygen atoms in total. The molecule has 0 bridgehead atoms. The average molecular weight is 370 g/mol. The van der Waals surface area contributed by atoms with Crippen molar-refractivity contribution in [2.75, 3.05) is 13.2 Å². The molecular weight excluding hydrogens is 350 g/mol. The molecule has 1 heterocycles. The minimum absolute atomic E-state index is 0.282. The molecule has 0 fully saturated rings. The summed E-state index contributed by atoms with van der Waals surface area (Å²) in [5.41, 5.74) is 0. The van der Waals surface area contributed by atoms with Gasteiger partial charge < -0.3 is 15.2 Å². The van der Waals surface area contributed by atoms with Crippen molar-refractivity contribution in [1.82, 2.24) is 5.32 Å². The first kappa shape index (κ1) is 16.5. The Kier molecular flexibility index (Phi) is 6.70. The minimum atomic E-state index is -0.530. The second-order valence-electron chi connectivity index (χ2n) is 4.81. The maximum absolute atomic E-state index is 10.0. The number of thiophene rings is 1. The number of aliphatic hydroxyl groups excluding tert-OH is 1. The fraction of sp³-hybridized carbons (Fsp3) is 0.375. The van der Waals surface area contributed by atoms with Gasteiger partial charge in [0, 0.05) is 21.9 Å². The number of nitrogens with one attached hydrogen (secondary N) is 1. The highest BCUT2D eigenvalue weighted by atomic mass is 79.9. The van der Waals surface area contributed by atoms with Crippen LogP contribution >= 0.6 is 27.3 Å². The van der Waals surface area contributed by atoms with Crippen LogP contribution < -0.4 is 10.1 Å². The molecule has 2 unspecified atom stereocenters. The largest absolute Gasteiger partial charge is 0.491 e. The van der Waals surface area contributed by atoms with Gasteiger partial charge in [0.05, 0.1) is 0 Å². The first-order valence-corrected chi connectivity index (χ1v) is 8.69. The molecule has 0 radical (unpaired) electrons. The normalized spacial score (nSPS) is 13.9. The van der Waals surface area contributed by atoms with Gasteiger partial charge in [-0.15, -0.1) is 11.3 Å². The monoisotopic (exact) mass is 369 g/mol. The summed E-state index contributed by atoms with van der Waals surface area (Å²) >= 11 is 5.14. The highest BCUT2D eigenvalue weighted by molar-refractivity contribution is 9.10. The maximum Gasteiger partial charge on any atom is 0.120 e. The Hall–Kier alpha value is -0.880. The van der Waals surface area contributed by atoms with Crippen LogP contribution in [0.3, 0.4) is 0 Å². The third-order valence-corrected chi connectivity index (χ3v) is 4.61.